The first kappa shape index (κ1) is 9.73. The smallest absolute Gasteiger partial charge is 0.227 e. The summed E-state index contributed by atoms with van der Waals surface area (Å²) in [4.78, 5) is 3.77. The molecule has 2 saturated heterocycles. The highest BCUT2D eigenvalue weighted by Gasteiger charge is 2.39. The Hall–Kier alpha value is -0.480. The normalized spacial score (nSPS) is 33.6. The van der Waals surface area contributed by atoms with E-state index in [0.29, 0.717) is 22.5 Å². The summed E-state index contributed by atoms with van der Waals surface area (Å²) in [5.74, 6) is 0.100. The maximum atomic E-state index is 13.0. The van der Waals surface area contributed by atoms with Crippen molar-refractivity contribution in [2.45, 2.75) is 37.3 Å². The molecule has 2 bridgehead atoms. The number of rotatable bonds is 1. The van der Waals surface area contributed by atoms with Gasteiger partial charge in [-0.15, -0.1) is 0 Å². The average molecular weight is 271 g/mol. The van der Waals surface area contributed by atoms with Crippen LogP contribution < -0.4 is 5.32 Å². The monoisotopic (exact) mass is 270 g/mol. The molecule has 0 amide bonds. The molecule has 2 nitrogen and oxygen atoms in total. The molecule has 1 aromatic rings. The number of aromatic nitrogens is 1. The zero-order chi connectivity index (χ0) is 10.4. The summed E-state index contributed by atoms with van der Waals surface area (Å²) < 4.78 is 13.5. The summed E-state index contributed by atoms with van der Waals surface area (Å²) in [5.41, 5.74) is 1.16. The van der Waals surface area contributed by atoms with E-state index in [0.717, 1.165) is 5.56 Å². The van der Waals surface area contributed by atoms with Gasteiger partial charge in [-0.3, -0.25) is 0 Å². The van der Waals surface area contributed by atoms with Crippen LogP contribution in [0.3, 0.4) is 0 Å². The third-order valence-electron chi connectivity index (χ3n) is 3.55. The SMILES string of the molecule is Fc1ncc([C@H]2C[C@@H]3CC[C@H]2N3)cc1Br. The summed E-state index contributed by atoms with van der Waals surface area (Å²) in [5, 5.41) is 3.57. The zero-order valence-corrected chi connectivity index (χ0v) is 9.80. The van der Waals surface area contributed by atoms with Crippen LogP contribution in [0.1, 0.15) is 30.7 Å². The van der Waals surface area contributed by atoms with Crippen LogP contribution in [0.15, 0.2) is 16.7 Å². The lowest BCUT2D eigenvalue weighted by Crippen LogP contribution is -2.21. The van der Waals surface area contributed by atoms with Crippen LogP contribution in [0.5, 0.6) is 0 Å². The maximum absolute atomic E-state index is 13.0. The summed E-state index contributed by atoms with van der Waals surface area (Å²) in [7, 11) is 0. The third kappa shape index (κ3) is 1.60. The van der Waals surface area contributed by atoms with Crippen LogP contribution in [0.2, 0.25) is 0 Å². The van der Waals surface area contributed by atoms with E-state index in [9.17, 15) is 4.39 Å². The first-order valence-electron chi connectivity index (χ1n) is 5.31. The molecule has 0 aromatic carbocycles. The molecule has 2 aliphatic heterocycles. The van der Waals surface area contributed by atoms with Crippen LogP contribution in [0, 0.1) is 5.95 Å². The number of nitrogens with zero attached hydrogens (tertiary/aromatic N) is 1. The van der Waals surface area contributed by atoms with Crippen molar-refractivity contribution in [1.82, 2.24) is 10.3 Å². The Labute approximate surface area is 96.4 Å². The minimum Gasteiger partial charge on any atom is -0.311 e. The molecular formula is C11H12BrFN2. The Morgan fingerprint density at radius 3 is 2.93 bits per heavy atom. The lowest BCUT2D eigenvalue weighted by molar-refractivity contribution is 0.501. The second-order valence-electron chi connectivity index (χ2n) is 4.43. The Morgan fingerprint density at radius 2 is 2.33 bits per heavy atom. The molecule has 3 rings (SSSR count). The van der Waals surface area contributed by atoms with E-state index in [1.165, 1.54) is 19.3 Å². The molecule has 3 atom stereocenters. The second kappa shape index (κ2) is 3.52. The standard InChI is InChI=1S/C11H12BrFN2/c12-9-3-6(5-14-11(9)13)8-4-7-1-2-10(8)15-7/h3,5,7-8,10,15H,1-2,4H2/t7-,8+,10+/m0/s1. The predicted molar refractivity (Wildman–Crippen MR) is 59.2 cm³/mol. The molecule has 0 aliphatic carbocycles. The molecule has 1 aromatic heterocycles. The number of hydrogen-bond acceptors (Lipinski definition) is 2. The molecule has 0 radical (unpaired) electrons. The fraction of sp³-hybridized carbons (Fsp3) is 0.545. The van der Waals surface area contributed by atoms with Gasteiger partial charge >= 0.3 is 0 Å². The molecule has 15 heavy (non-hydrogen) atoms. The van der Waals surface area contributed by atoms with Crippen molar-refractivity contribution < 1.29 is 4.39 Å². The second-order valence-corrected chi connectivity index (χ2v) is 5.29. The predicted octanol–water partition coefficient (Wildman–Crippen LogP) is 2.59. The van der Waals surface area contributed by atoms with E-state index < -0.39 is 5.95 Å². The van der Waals surface area contributed by atoms with Crippen LogP contribution in [0.4, 0.5) is 4.39 Å². The molecule has 0 unspecified atom stereocenters. The van der Waals surface area contributed by atoms with E-state index in [2.05, 4.69) is 26.2 Å². The van der Waals surface area contributed by atoms with Crippen molar-refractivity contribution in [1.29, 1.82) is 0 Å². The van der Waals surface area contributed by atoms with Gasteiger partial charge in [-0.2, -0.15) is 4.39 Å². The van der Waals surface area contributed by atoms with Gasteiger partial charge in [-0.25, -0.2) is 4.98 Å². The van der Waals surface area contributed by atoms with Crippen molar-refractivity contribution in [3.05, 3.63) is 28.2 Å². The highest BCUT2D eigenvalue weighted by Crippen LogP contribution is 2.40. The fourth-order valence-electron chi connectivity index (χ4n) is 2.83. The molecule has 3 heterocycles. The van der Waals surface area contributed by atoms with E-state index in [1.54, 1.807) is 6.20 Å². The van der Waals surface area contributed by atoms with Gasteiger partial charge < -0.3 is 5.32 Å². The number of halogens is 2. The highest BCUT2D eigenvalue weighted by atomic mass is 79.9. The van der Waals surface area contributed by atoms with E-state index in [1.807, 2.05) is 6.07 Å². The number of fused-ring (bicyclic) bond motifs is 2. The molecule has 2 fully saturated rings. The highest BCUT2D eigenvalue weighted by molar-refractivity contribution is 9.10. The van der Waals surface area contributed by atoms with Gasteiger partial charge in [-0.1, -0.05) is 0 Å². The number of hydrogen-bond donors (Lipinski definition) is 1. The summed E-state index contributed by atoms with van der Waals surface area (Å²) >= 11 is 3.19. The zero-order valence-electron chi connectivity index (χ0n) is 8.21. The lowest BCUT2D eigenvalue weighted by atomic mass is 9.85. The van der Waals surface area contributed by atoms with Gasteiger partial charge in [0.25, 0.3) is 0 Å². The molecule has 0 saturated carbocycles. The van der Waals surface area contributed by atoms with Gasteiger partial charge in [0.1, 0.15) is 0 Å². The Balaban J connectivity index is 1.90. The van der Waals surface area contributed by atoms with Crippen LogP contribution in [-0.2, 0) is 0 Å². The van der Waals surface area contributed by atoms with E-state index in [-0.39, 0.29) is 0 Å². The lowest BCUT2D eigenvalue weighted by Gasteiger charge is -2.20. The van der Waals surface area contributed by atoms with E-state index >= 15 is 0 Å². The van der Waals surface area contributed by atoms with Crippen molar-refractivity contribution in [2.75, 3.05) is 0 Å². The van der Waals surface area contributed by atoms with Gasteiger partial charge in [0.05, 0.1) is 4.47 Å². The summed E-state index contributed by atoms with van der Waals surface area (Å²) in [6, 6.07) is 3.12. The topological polar surface area (TPSA) is 24.9 Å². The molecule has 0 spiro atoms. The van der Waals surface area contributed by atoms with Crippen molar-refractivity contribution in [3.63, 3.8) is 0 Å². The minimum atomic E-state index is -0.421. The van der Waals surface area contributed by atoms with Gasteiger partial charge in [0.2, 0.25) is 5.95 Å². The van der Waals surface area contributed by atoms with Crippen LogP contribution in [0.25, 0.3) is 0 Å². The van der Waals surface area contributed by atoms with Crippen LogP contribution >= 0.6 is 15.9 Å². The Morgan fingerprint density at radius 1 is 1.47 bits per heavy atom. The Kier molecular flexibility index (Phi) is 2.29. The number of pyridine rings is 1. The average Bonchev–Trinajstić information content (AvgIpc) is 2.83. The maximum Gasteiger partial charge on any atom is 0.227 e. The first-order chi connectivity index (χ1) is 7.24. The molecular weight excluding hydrogens is 259 g/mol. The molecule has 4 heteroatoms. The quantitative estimate of drug-likeness (QED) is 0.794. The van der Waals surface area contributed by atoms with Crippen molar-refractivity contribution >= 4 is 15.9 Å². The van der Waals surface area contributed by atoms with Crippen LogP contribution in [-0.4, -0.2) is 17.1 Å². The molecule has 80 valence electrons. The van der Waals surface area contributed by atoms with Gasteiger partial charge in [0.15, 0.2) is 0 Å². The Bertz CT molecular complexity index is 396. The van der Waals surface area contributed by atoms with Gasteiger partial charge in [0, 0.05) is 24.2 Å². The first-order valence-corrected chi connectivity index (χ1v) is 6.10. The summed E-state index contributed by atoms with van der Waals surface area (Å²) in [6.45, 7) is 0. The fourth-order valence-corrected chi connectivity index (χ4v) is 3.20. The van der Waals surface area contributed by atoms with Crippen molar-refractivity contribution in [3.8, 4) is 0 Å². The van der Waals surface area contributed by atoms with E-state index in [4.69, 9.17) is 0 Å². The molecule has 2 aliphatic rings. The largest absolute Gasteiger partial charge is 0.311 e. The van der Waals surface area contributed by atoms with Crippen molar-refractivity contribution in [2.24, 2.45) is 0 Å². The minimum absolute atomic E-state index is 0.421. The third-order valence-corrected chi connectivity index (χ3v) is 4.10. The summed E-state index contributed by atoms with van der Waals surface area (Å²) in [6.07, 6.45) is 5.37. The van der Waals surface area contributed by atoms with Gasteiger partial charge in [-0.05, 0) is 46.8 Å². The molecule has 1 N–H and O–H groups in total. The number of nitrogens with one attached hydrogen (secondary N) is 1.